The van der Waals surface area contributed by atoms with Crippen LogP contribution in [0.25, 0.3) is 0 Å². The molecule has 1 saturated heterocycles. The molecular formula is C7H11OS. The molecule has 0 aliphatic carbocycles. The molecule has 0 aromatic rings. The van der Waals surface area contributed by atoms with E-state index in [9.17, 15) is 4.79 Å². The van der Waals surface area contributed by atoms with Crippen LogP contribution in [0.3, 0.4) is 0 Å². The molecule has 0 saturated carbocycles. The lowest BCUT2D eigenvalue weighted by Crippen LogP contribution is -2.07. The summed E-state index contributed by atoms with van der Waals surface area (Å²) in [7, 11) is 0. The van der Waals surface area contributed by atoms with Crippen LogP contribution in [0.1, 0.15) is 19.8 Å². The molecule has 2 heteroatoms. The van der Waals surface area contributed by atoms with Crippen LogP contribution in [0.4, 0.5) is 0 Å². The van der Waals surface area contributed by atoms with E-state index in [1.54, 1.807) is 0 Å². The third-order valence-corrected chi connectivity index (χ3v) is 3.26. The van der Waals surface area contributed by atoms with Crippen molar-refractivity contribution in [2.75, 3.05) is 5.75 Å². The fourth-order valence-electron chi connectivity index (χ4n) is 1.15. The zero-order valence-corrected chi connectivity index (χ0v) is 6.41. The van der Waals surface area contributed by atoms with Crippen molar-refractivity contribution in [1.82, 2.24) is 0 Å². The summed E-state index contributed by atoms with van der Waals surface area (Å²) in [6.07, 6.45) is 3.83. The summed E-state index contributed by atoms with van der Waals surface area (Å²) < 4.78 is 0. The average molecular weight is 143 g/mol. The fourth-order valence-corrected chi connectivity index (χ4v) is 2.47. The average Bonchev–Trinajstić information content (AvgIpc) is 2.18. The first-order chi connectivity index (χ1) is 4.34. The van der Waals surface area contributed by atoms with Crippen LogP contribution in [0, 0.1) is 5.92 Å². The van der Waals surface area contributed by atoms with Crippen LogP contribution in [0.15, 0.2) is 0 Å². The second kappa shape index (κ2) is 3.25. The van der Waals surface area contributed by atoms with Gasteiger partial charge in [0, 0.05) is 11.7 Å². The minimum atomic E-state index is 0.618. The van der Waals surface area contributed by atoms with Crippen molar-refractivity contribution in [2.24, 2.45) is 5.92 Å². The van der Waals surface area contributed by atoms with E-state index in [1.165, 1.54) is 12.2 Å². The molecule has 0 amide bonds. The first-order valence-electron chi connectivity index (χ1n) is 3.31. The molecule has 2 unspecified atom stereocenters. The minimum Gasteiger partial charge on any atom is -0.291 e. The SMILES string of the molecule is CC1SCCC1C[C]=O. The van der Waals surface area contributed by atoms with Crippen LogP contribution in [-0.4, -0.2) is 17.3 Å². The van der Waals surface area contributed by atoms with Gasteiger partial charge >= 0.3 is 0 Å². The molecule has 0 bridgehead atoms. The highest BCUT2D eigenvalue weighted by molar-refractivity contribution is 8.00. The summed E-state index contributed by atoms with van der Waals surface area (Å²) in [5.74, 6) is 1.85. The van der Waals surface area contributed by atoms with Crippen molar-refractivity contribution in [3.8, 4) is 0 Å². The predicted octanol–water partition coefficient (Wildman–Crippen LogP) is 1.63. The highest BCUT2D eigenvalue weighted by atomic mass is 32.2. The molecular weight excluding hydrogens is 132 g/mol. The molecule has 1 nitrogen and oxygen atoms in total. The Morgan fingerprint density at radius 1 is 1.78 bits per heavy atom. The molecule has 2 atom stereocenters. The Bertz CT molecular complexity index is 103. The van der Waals surface area contributed by atoms with Gasteiger partial charge in [-0.05, 0) is 18.1 Å². The van der Waals surface area contributed by atoms with E-state index in [1.807, 2.05) is 18.0 Å². The van der Waals surface area contributed by atoms with E-state index in [0.717, 1.165) is 0 Å². The topological polar surface area (TPSA) is 17.1 Å². The van der Waals surface area contributed by atoms with E-state index in [4.69, 9.17) is 0 Å². The molecule has 0 aromatic carbocycles. The van der Waals surface area contributed by atoms with Gasteiger partial charge in [0.25, 0.3) is 0 Å². The van der Waals surface area contributed by atoms with Gasteiger partial charge in [-0.15, -0.1) is 0 Å². The van der Waals surface area contributed by atoms with Crippen LogP contribution >= 0.6 is 11.8 Å². The summed E-state index contributed by atoms with van der Waals surface area (Å²) >= 11 is 1.97. The molecule has 9 heavy (non-hydrogen) atoms. The summed E-state index contributed by atoms with van der Waals surface area (Å²) in [6, 6.07) is 0. The van der Waals surface area contributed by atoms with Crippen molar-refractivity contribution in [1.29, 1.82) is 0 Å². The smallest absolute Gasteiger partial charge is 0.198 e. The maximum atomic E-state index is 9.97. The second-order valence-electron chi connectivity index (χ2n) is 2.47. The largest absolute Gasteiger partial charge is 0.291 e. The summed E-state index contributed by atoms with van der Waals surface area (Å²) in [4.78, 5) is 9.97. The van der Waals surface area contributed by atoms with Gasteiger partial charge in [-0.1, -0.05) is 6.92 Å². The Labute approximate surface area is 60.2 Å². The lowest BCUT2D eigenvalue weighted by molar-refractivity contribution is 0.503. The summed E-state index contributed by atoms with van der Waals surface area (Å²) in [5, 5.41) is 0.687. The highest BCUT2D eigenvalue weighted by Gasteiger charge is 2.23. The van der Waals surface area contributed by atoms with Gasteiger partial charge < -0.3 is 0 Å². The van der Waals surface area contributed by atoms with Crippen LogP contribution < -0.4 is 0 Å². The lowest BCUT2D eigenvalue weighted by atomic mass is 10.0. The van der Waals surface area contributed by atoms with Crippen molar-refractivity contribution in [2.45, 2.75) is 25.0 Å². The maximum Gasteiger partial charge on any atom is 0.198 e. The van der Waals surface area contributed by atoms with Gasteiger partial charge in [0.2, 0.25) is 0 Å². The van der Waals surface area contributed by atoms with Crippen molar-refractivity contribution in [3.63, 3.8) is 0 Å². The van der Waals surface area contributed by atoms with Crippen LogP contribution in [0.2, 0.25) is 0 Å². The maximum absolute atomic E-state index is 9.97. The number of carbonyl (C=O) groups excluding carboxylic acids is 1. The summed E-state index contributed by atoms with van der Waals surface area (Å²) in [5.41, 5.74) is 0. The van der Waals surface area contributed by atoms with Crippen molar-refractivity contribution < 1.29 is 4.79 Å². The first kappa shape index (κ1) is 7.13. The number of hydrogen-bond donors (Lipinski definition) is 0. The lowest BCUT2D eigenvalue weighted by Gasteiger charge is -2.08. The number of rotatable bonds is 2. The van der Waals surface area contributed by atoms with Crippen LogP contribution in [-0.2, 0) is 4.79 Å². The molecule has 0 spiro atoms. The zero-order chi connectivity index (χ0) is 6.69. The van der Waals surface area contributed by atoms with Crippen LogP contribution in [0.5, 0.6) is 0 Å². The minimum absolute atomic E-state index is 0.618. The number of thioether (sulfide) groups is 1. The summed E-state index contributed by atoms with van der Waals surface area (Å²) in [6.45, 7) is 2.19. The van der Waals surface area contributed by atoms with E-state index in [-0.39, 0.29) is 0 Å². The predicted molar refractivity (Wildman–Crippen MR) is 40.3 cm³/mol. The third kappa shape index (κ3) is 1.71. The van der Waals surface area contributed by atoms with Gasteiger partial charge in [0.1, 0.15) is 0 Å². The highest BCUT2D eigenvalue weighted by Crippen LogP contribution is 2.33. The van der Waals surface area contributed by atoms with E-state index < -0.39 is 0 Å². The first-order valence-corrected chi connectivity index (χ1v) is 4.36. The third-order valence-electron chi connectivity index (χ3n) is 1.88. The van der Waals surface area contributed by atoms with Crippen molar-refractivity contribution >= 4 is 18.0 Å². The molecule has 1 rings (SSSR count). The van der Waals surface area contributed by atoms with Gasteiger partial charge in [-0.3, -0.25) is 4.79 Å². The molecule has 1 radical (unpaired) electrons. The zero-order valence-electron chi connectivity index (χ0n) is 5.59. The Morgan fingerprint density at radius 2 is 2.56 bits per heavy atom. The standard InChI is InChI=1S/C7H11OS/c1-6-7(2-4-8)3-5-9-6/h6-7H,2-3,5H2,1H3. The van der Waals surface area contributed by atoms with Gasteiger partial charge in [-0.2, -0.15) is 11.8 Å². The number of hydrogen-bond acceptors (Lipinski definition) is 2. The monoisotopic (exact) mass is 143 g/mol. The van der Waals surface area contributed by atoms with E-state index in [2.05, 4.69) is 6.92 Å². The van der Waals surface area contributed by atoms with E-state index >= 15 is 0 Å². The van der Waals surface area contributed by atoms with Gasteiger partial charge in [0.15, 0.2) is 6.29 Å². The quantitative estimate of drug-likeness (QED) is 0.584. The molecule has 1 heterocycles. The van der Waals surface area contributed by atoms with Crippen molar-refractivity contribution in [3.05, 3.63) is 0 Å². The normalized spacial score (nSPS) is 34.8. The Morgan fingerprint density at radius 3 is 3.00 bits per heavy atom. The second-order valence-corrected chi connectivity index (χ2v) is 3.96. The molecule has 0 N–H and O–H groups in total. The Balaban J connectivity index is 2.30. The fraction of sp³-hybridized carbons (Fsp3) is 0.857. The van der Waals surface area contributed by atoms with Gasteiger partial charge in [0.05, 0.1) is 0 Å². The van der Waals surface area contributed by atoms with E-state index in [0.29, 0.717) is 17.6 Å². The molecule has 1 aliphatic rings. The molecule has 0 aromatic heterocycles. The molecule has 1 aliphatic heterocycles. The Hall–Kier alpha value is 0.0200. The molecule has 51 valence electrons. The Kier molecular flexibility index (Phi) is 2.58. The molecule has 1 fully saturated rings. The van der Waals surface area contributed by atoms with Gasteiger partial charge in [-0.25, -0.2) is 0 Å².